The van der Waals surface area contributed by atoms with Crippen molar-refractivity contribution < 1.29 is 4.79 Å². The lowest BCUT2D eigenvalue weighted by Gasteiger charge is -2.19. The molecule has 1 aromatic rings. The summed E-state index contributed by atoms with van der Waals surface area (Å²) in [5.74, 6) is 0. The minimum Gasteiger partial charge on any atom is -0.331 e. The third kappa shape index (κ3) is 3.75. The van der Waals surface area contributed by atoms with Gasteiger partial charge in [-0.25, -0.2) is 4.79 Å². The molecule has 1 aromatic carbocycles. The normalized spacial score (nSPS) is 12.0. The van der Waals surface area contributed by atoms with Gasteiger partial charge in [-0.1, -0.05) is 25.1 Å². The fourth-order valence-electron chi connectivity index (χ4n) is 1.63. The monoisotopic (exact) mass is 235 g/mol. The zero-order valence-electron chi connectivity index (χ0n) is 10.9. The van der Waals surface area contributed by atoms with Gasteiger partial charge in [0.15, 0.2) is 0 Å². The molecule has 17 heavy (non-hydrogen) atoms. The van der Waals surface area contributed by atoms with Crippen LogP contribution in [0.15, 0.2) is 24.3 Å². The molecular weight excluding hydrogens is 214 g/mol. The Morgan fingerprint density at radius 2 is 2.00 bits per heavy atom. The lowest BCUT2D eigenvalue weighted by molar-refractivity contribution is 0.230. The number of hydrogen-bond acceptors (Lipinski definition) is 2. The van der Waals surface area contributed by atoms with E-state index >= 15 is 0 Å². The molecule has 0 aliphatic rings. The quantitative estimate of drug-likeness (QED) is 0.842. The molecule has 4 heteroatoms. The number of amides is 2. The number of nitrogens with one attached hydrogen (secondary N) is 2. The summed E-state index contributed by atoms with van der Waals surface area (Å²) < 4.78 is 0. The molecule has 0 spiro atoms. The van der Waals surface area contributed by atoms with E-state index < -0.39 is 0 Å². The van der Waals surface area contributed by atoms with Crippen molar-refractivity contribution in [3.05, 3.63) is 29.8 Å². The van der Waals surface area contributed by atoms with Crippen LogP contribution in [0.4, 0.5) is 10.5 Å². The van der Waals surface area contributed by atoms with Gasteiger partial charge in [0.1, 0.15) is 0 Å². The van der Waals surface area contributed by atoms with Crippen LogP contribution < -0.4 is 10.6 Å². The van der Waals surface area contributed by atoms with Gasteiger partial charge >= 0.3 is 6.03 Å². The Hall–Kier alpha value is -1.55. The largest absolute Gasteiger partial charge is 0.331 e. The molecular formula is C13H21N3O. The maximum atomic E-state index is 11.6. The predicted molar refractivity (Wildman–Crippen MR) is 71.2 cm³/mol. The van der Waals surface area contributed by atoms with E-state index in [0.29, 0.717) is 0 Å². The molecule has 1 atom stereocenters. The third-order valence-corrected chi connectivity index (χ3v) is 2.59. The Bertz CT molecular complexity index is 377. The molecule has 0 saturated carbocycles. The van der Waals surface area contributed by atoms with Crippen LogP contribution in [0.1, 0.15) is 25.5 Å². The van der Waals surface area contributed by atoms with Crippen LogP contribution in [0.5, 0.6) is 0 Å². The van der Waals surface area contributed by atoms with Crippen molar-refractivity contribution in [3.63, 3.8) is 0 Å². The van der Waals surface area contributed by atoms with Crippen LogP contribution in [0.25, 0.3) is 0 Å². The number of anilines is 1. The van der Waals surface area contributed by atoms with Crippen LogP contribution in [-0.4, -0.2) is 31.6 Å². The van der Waals surface area contributed by atoms with Gasteiger partial charge in [0.05, 0.1) is 0 Å². The summed E-state index contributed by atoms with van der Waals surface area (Å²) >= 11 is 0. The number of benzene rings is 1. The minimum atomic E-state index is -0.110. The number of para-hydroxylation sites is 1. The molecule has 0 bridgehead atoms. The fraction of sp³-hybridized carbons (Fsp3) is 0.462. The van der Waals surface area contributed by atoms with Gasteiger partial charge in [-0.2, -0.15) is 0 Å². The van der Waals surface area contributed by atoms with Gasteiger partial charge in [0, 0.05) is 25.8 Å². The number of hydrogen-bond donors (Lipinski definition) is 2. The topological polar surface area (TPSA) is 44.4 Å². The first-order valence-corrected chi connectivity index (χ1v) is 5.86. The van der Waals surface area contributed by atoms with Crippen molar-refractivity contribution in [1.29, 1.82) is 0 Å². The molecule has 0 aliphatic carbocycles. The maximum Gasteiger partial charge on any atom is 0.321 e. The van der Waals surface area contributed by atoms with E-state index in [0.717, 1.165) is 17.8 Å². The summed E-state index contributed by atoms with van der Waals surface area (Å²) in [4.78, 5) is 13.2. The summed E-state index contributed by atoms with van der Waals surface area (Å²) in [7, 11) is 3.46. The predicted octanol–water partition coefficient (Wildman–Crippen LogP) is 2.45. The van der Waals surface area contributed by atoms with Crippen molar-refractivity contribution in [2.45, 2.75) is 19.9 Å². The second-order valence-electron chi connectivity index (χ2n) is 4.19. The van der Waals surface area contributed by atoms with E-state index in [4.69, 9.17) is 0 Å². The van der Waals surface area contributed by atoms with Gasteiger partial charge in [-0.05, 0) is 25.1 Å². The number of carbonyl (C=O) groups is 1. The SMILES string of the molecule is CCNC(C)c1ccccc1NC(=O)N(C)C. The minimum absolute atomic E-state index is 0.110. The first-order chi connectivity index (χ1) is 8.06. The lowest BCUT2D eigenvalue weighted by atomic mass is 10.1. The maximum absolute atomic E-state index is 11.6. The smallest absolute Gasteiger partial charge is 0.321 e. The molecule has 2 N–H and O–H groups in total. The zero-order chi connectivity index (χ0) is 12.8. The molecule has 94 valence electrons. The van der Waals surface area contributed by atoms with Crippen LogP contribution >= 0.6 is 0 Å². The second kappa shape index (κ2) is 6.25. The van der Waals surface area contributed by atoms with Gasteiger partial charge in [0.2, 0.25) is 0 Å². The van der Waals surface area contributed by atoms with Crippen LogP contribution in [-0.2, 0) is 0 Å². The number of rotatable bonds is 4. The first kappa shape index (κ1) is 13.5. The second-order valence-corrected chi connectivity index (χ2v) is 4.19. The van der Waals surface area contributed by atoms with Gasteiger partial charge in [-0.15, -0.1) is 0 Å². The van der Waals surface area contributed by atoms with Crippen molar-refractivity contribution in [3.8, 4) is 0 Å². The van der Waals surface area contributed by atoms with Gasteiger partial charge in [0.25, 0.3) is 0 Å². The van der Waals surface area contributed by atoms with Crippen LogP contribution in [0.3, 0.4) is 0 Å². The van der Waals surface area contributed by atoms with Crippen molar-refractivity contribution in [2.75, 3.05) is 26.0 Å². The highest BCUT2D eigenvalue weighted by Crippen LogP contribution is 2.22. The molecule has 0 heterocycles. The average molecular weight is 235 g/mol. The molecule has 0 aromatic heterocycles. The lowest BCUT2D eigenvalue weighted by Crippen LogP contribution is -2.28. The third-order valence-electron chi connectivity index (χ3n) is 2.59. The summed E-state index contributed by atoms with van der Waals surface area (Å²) in [6, 6.07) is 7.96. The summed E-state index contributed by atoms with van der Waals surface area (Å²) in [6.45, 7) is 5.05. The van der Waals surface area contributed by atoms with E-state index in [1.807, 2.05) is 24.3 Å². The summed E-state index contributed by atoms with van der Waals surface area (Å²) in [5.41, 5.74) is 1.96. The van der Waals surface area contributed by atoms with Crippen molar-refractivity contribution in [2.24, 2.45) is 0 Å². The van der Waals surface area contributed by atoms with E-state index in [1.165, 1.54) is 4.90 Å². The Morgan fingerprint density at radius 1 is 1.35 bits per heavy atom. The highest BCUT2D eigenvalue weighted by molar-refractivity contribution is 5.89. The molecule has 4 nitrogen and oxygen atoms in total. The van der Waals surface area contributed by atoms with Crippen molar-refractivity contribution >= 4 is 11.7 Å². The van der Waals surface area contributed by atoms with E-state index in [-0.39, 0.29) is 12.1 Å². The molecule has 0 radical (unpaired) electrons. The summed E-state index contributed by atoms with van der Waals surface area (Å²) in [5, 5.41) is 6.24. The molecule has 0 aliphatic heterocycles. The van der Waals surface area contributed by atoms with Gasteiger partial charge < -0.3 is 15.5 Å². The Kier molecular flexibility index (Phi) is 4.97. The highest BCUT2D eigenvalue weighted by atomic mass is 16.2. The van der Waals surface area contributed by atoms with Crippen LogP contribution in [0, 0.1) is 0 Å². The average Bonchev–Trinajstić information content (AvgIpc) is 2.29. The molecule has 1 unspecified atom stereocenters. The van der Waals surface area contributed by atoms with Gasteiger partial charge in [-0.3, -0.25) is 0 Å². The number of carbonyl (C=O) groups excluding carboxylic acids is 1. The Balaban J connectivity index is 2.88. The number of nitrogens with zero attached hydrogens (tertiary/aromatic N) is 1. The van der Waals surface area contributed by atoms with Crippen molar-refractivity contribution in [1.82, 2.24) is 10.2 Å². The van der Waals surface area contributed by atoms with E-state index in [2.05, 4.69) is 24.5 Å². The Morgan fingerprint density at radius 3 is 2.59 bits per heavy atom. The fourth-order valence-corrected chi connectivity index (χ4v) is 1.63. The number of urea groups is 1. The standard InChI is InChI=1S/C13H21N3O/c1-5-14-10(2)11-8-6-7-9-12(11)15-13(17)16(3)4/h6-10,14H,5H2,1-4H3,(H,15,17). The van der Waals surface area contributed by atoms with Crippen LogP contribution in [0.2, 0.25) is 0 Å². The first-order valence-electron chi connectivity index (χ1n) is 5.86. The van der Waals surface area contributed by atoms with E-state index in [1.54, 1.807) is 14.1 Å². The molecule has 0 fully saturated rings. The Labute approximate surface area is 103 Å². The highest BCUT2D eigenvalue weighted by Gasteiger charge is 2.11. The summed E-state index contributed by atoms with van der Waals surface area (Å²) in [6.07, 6.45) is 0. The van der Waals surface area contributed by atoms with E-state index in [9.17, 15) is 4.79 Å². The molecule has 1 rings (SSSR count). The molecule has 0 saturated heterocycles. The molecule has 2 amide bonds. The zero-order valence-corrected chi connectivity index (χ0v) is 10.9.